The minimum Gasteiger partial charge on any atom is -0.405 e. The highest BCUT2D eigenvalue weighted by Gasteiger charge is 2.32. The summed E-state index contributed by atoms with van der Waals surface area (Å²) in [5.74, 6) is 5.75. The van der Waals surface area contributed by atoms with Crippen LogP contribution in [-0.4, -0.2) is 44.2 Å². The van der Waals surface area contributed by atoms with Gasteiger partial charge < -0.3 is 15.4 Å². The number of rotatable bonds is 6. The maximum Gasteiger partial charge on any atom is 0.573 e. The lowest BCUT2D eigenvalue weighted by atomic mass is 10.1. The number of ether oxygens (including phenoxy) is 1. The van der Waals surface area contributed by atoms with E-state index < -0.39 is 29.9 Å². The van der Waals surface area contributed by atoms with Gasteiger partial charge in [-0.3, -0.25) is 13.9 Å². The van der Waals surface area contributed by atoms with Gasteiger partial charge in [0.15, 0.2) is 11.2 Å². The van der Waals surface area contributed by atoms with Crippen molar-refractivity contribution >= 4 is 17.1 Å². The number of hydrogen-bond acceptors (Lipinski definition) is 6. The predicted molar refractivity (Wildman–Crippen MR) is 145 cm³/mol. The lowest BCUT2D eigenvalue weighted by molar-refractivity contribution is -0.274. The molecular weight excluding hydrogens is 525 g/mol. The lowest BCUT2D eigenvalue weighted by Gasteiger charge is -2.31. The highest BCUT2D eigenvalue weighted by atomic mass is 19.4. The van der Waals surface area contributed by atoms with E-state index in [1.54, 1.807) is 41.8 Å². The van der Waals surface area contributed by atoms with Gasteiger partial charge in [0.1, 0.15) is 5.75 Å². The predicted octanol–water partition coefficient (Wildman–Crippen LogP) is 3.25. The number of hydrogen-bond donors (Lipinski definition) is 1. The third-order valence-corrected chi connectivity index (χ3v) is 6.71. The number of fused-ring (bicyclic) bond motifs is 1. The van der Waals surface area contributed by atoms with E-state index in [0.717, 1.165) is 23.5 Å². The van der Waals surface area contributed by atoms with Crippen LogP contribution in [0.5, 0.6) is 5.75 Å². The molecule has 2 N–H and O–H groups in total. The van der Waals surface area contributed by atoms with Crippen LogP contribution in [-0.2, 0) is 13.1 Å². The smallest absolute Gasteiger partial charge is 0.405 e. The first-order chi connectivity index (χ1) is 19.2. The Labute approximate surface area is 227 Å². The molecule has 5 rings (SSSR count). The molecule has 0 saturated carbocycles. The highest BCUT2D eigenvalue weighted by molar-refractivity contribution is 5.77. The van der Waals surface area contributed by atoms with Gasteiger partial charge in [-0.05, 0) is 38.0 Å². The van der Waals surface area contributed by atoms with E-state index in [1.807, 2.05) is 4.90 Å². The number of alkyl halides is 3. The van der Waals surface area contributed by atoms with Gasteiger partial charge in [0.05, 0.1) is 18.8 Å². The van der Waals surface area contributed by atoms with Crippen molar-refractivity contribution < 1.29 is 17.9 Å². The number of halogens is 3. The molecule has 1 aliphatic rings. The Morgan fingerprint density at radius 1 is 1.07 bits per heavy atom. The van der Waals surface area contributed by atoms with Crippen LogP contribution in [0, 0.1) is 11.8 Å². The van der Waals surface area contributed by atoms with E-state index >= 15 is 0 Å². The lowest BCUT2D eigenvalue weighted by Crippen LogP contribution is -2.44. The van der Waals surface area contributed by atoms with Crippen molar-refractivity contribution in [3.8, 4) is 23.3 Å². The number of nitrogens with two attached hydrogens (primary N) is 1. The summed E-state index contributed by atoms with van der Waals surface area (Å²) in [5.41, 5.74) is 5.47. The molecule has 12 heteroatoms. The molecule has 208 valence electrons. The molecule has 1 fully saturated rings. The molecule has 1 saturated heterocycles. The van der Waals surface area contributed by atoms with Gasteiger partial charge in [0.2, 0.25) is 5.95 Å². The molecule has 2 aromatic heterocycles. The summed E-state index contributed by atoms with van der Waals surface area (Å²) in [6.45, 7) is 2.49. The van der Waals surface area contributed by atoms with E-state index in [0.29, 0.717) is 24.7 Å². The first-order valence-corrected chi connectivity index (χ1v) is 12.7. The summed E-state index contributed by atoms with van der Waals surface area (Å²) < 4.78 is 47.3. The van der Waals surface area contributed by atoms with Gasteiger partial charge in [0.25, 0.3) is 5.56 Å². The van der Waals surface area contributed by atoms with Crippen molar-refractivity contribution in [2.75, 3.05) is 18.0 Å². The third kappa shape index (κ3) is 5.33. The van der Waals surface area contributed by atoms with Crippen LogP contribution in [0.25, 0.3) is 16.9 Å². The molecule has 4 aromatic rings. The van der Waals surface area contributed by atoms with E-state index in [-0.39, 0.29) is 29.3 Å². The largest absolute Gasteiger partial charge is 0.573 e. The summed E-state index contributed by atoms with van der Waals surface area (Å²) in [6.07, 6.45) is -3.27. The van der Waals surface area contributed by atoms with Gasteiger partial charge in [-0.25, -0.2) is 9.36 Å². The molecule has 1 atom stereocenters. The minimum atomic E-state index is -4.95. The van der Waals surface area contributed by atoms with Gasteiger partial charge in [-0.15, -0.1) is 19.1 Å². The number of nitrogens with zero attached hydrogens (tertiary/aromatic N) is 5. The second kappa shape index (κ2) is 10.9. The molecule has 0 radical (unpaired) electrons. The van der Waals surface area contributed by atoms with Crippen LogP contribution in [0.4, 0.5) is 19.1 Å². The number of aromatic nitrogens is 4. The Balaban J connectivity index is 1.79. The number of piperidine rings is 1. The van der Waals surface area contributed by atoms with E-state index in [9.17, 15) is 22.8 Å². The zero-order valence-electron chi connectivity index (χ0n) is 21.7. The summed E-state index contributed by atoms with van der Waals surface area (Å²) in [5, 5.41) is 0. The van der Waals surface area contributed by atoms with Crippen molar-refractivity contribution in [1.82, 2.24) is 18.7 Å². The molecule has 40 heavy (non-hydrogen) atoms. The SMILES string of the molecule is CC#CCn1c(N2CCC[C@@H](N)C2)nc2c1c(=O)n(Cc1ccccc1OC(F)(F)F)c(=O)n2-c1ccccc1. The molecule has 3 heterocycles. The Kier molecular flexibility index (Phi) is 7.40. The number of benzene rings is 2. The summed E-state index contributed by atoms with van der Waals surface area (Å²) in [4.78, 5) is 34.7. The van der Waals surface area contributed by atoms with Crippen LogP contribution in [0.1, 0.15) is 25.3 Å². The zero-order valence-corrected chi connectivity index (χ0v) is 21.7. The number of anilines is 1. The quantitative estimate of drug-likeness (QED) is 0.369. The van der Waals surface area contributed by atoms with Crippen LogP contribution in [0.15, 0.2) is 64.2 Å². The molecule has 0 spiro atoms. The van der Waals surface area contributed by atoms with Gasteiger partial charge in [-0.2, -0.15) is 4.98 Å². The standard InChI is InChI=1S/C28H27F3N6O3/c1-2-3-16-35-23-24(33-26(35)34-15-9-11-20(32)18-34)37(21-12-5-4-6-13-21)27(39)36(25(23)38)17-19-10-7-8-14-22(19)40-28(29,30)31/h4-8,10,12-14,20H,9,11,15-18,32H2,1H3/t20-/m1/s1. The first-order valence-electron chi connectivity index (χ1n) is 12.7. The topological polar surface area (TPSA) is 100 Å². The maximum atomic E-state index is 14.0. The molecule has 2 aromatic carbocycles. The molecule has 1 aliphatic heterocycles. The van der Waals surface area contributed by atoms with Gasteiger partial charge in [-0.1, -0.05) is 42.3 Å². The van der Waals surface area contributed by atoms with Crippen LogP contribution < -0.4 is 26.6 Å². The van der Waals surface area contributed by atoms with Crippen molar-refractivity contribution in [1.29, 1.82) is 0 Å². The Hall–Kier alpha value is -4.50. The third-order valence-electron chi connectivity index (χ3n) is 6.71. The Morgan fingerprint density at radius 2 is 1.80 bits per heavy atom. The van der Waals surface area contributed by atoms with E-state index in [2.05, 4.69) is 16.6 Å². The van der Waals surface area contributed by atoms with Crippen LogP contribution in [0.2, 0.25) is 0 Å². The second-order valence-corrected chi connectivity index (χ2v) is 9.45. The van der Waals surface area contributed by atoms with Crippen molar-refractivity contribution in [2.45, 2.75) is 45.3 Å². The molecule has 0 bridgehead atoms. The molecule has 0 amide bonds. The average Bonchev–Trinajstić information content (AvgIpc) is 3.29. The molecular formula is C28H27F3N6O3. The molecule has 9 nitrogen and oxygen atoms in total. The number of imidazole rings is 1. The van der Waals surface area contributed by atoms with Crippen molar-refractivity contribution in [2.24, 2.45) is 5.73 Å². The highest BCUT2D eigenvalue weighted by Crippen LogP contribution is 2.28. The van der Waals surface area contributed by atoms with Gasteiger partial charge in [0, 0.05) is 24.7 Å². The summed E-state index contributed by atoms with van der Waals surface area (Å²) in [7, 11) is 0. The average molecular weight is 553 g/mol. The monoisotopic (exact) mass is 552 g/mol. The van der Waals surface area contributed by atoms with E-state index in [4.69, 9.17) is 10.7 Å². The minimum absolute atomic E-state index is 0.0135. The van der Waals surface area contributed by atoms with Gasteiger partial charge >= 0.3 is 12.1 Å². The second-order valence-electron chi connectivity index (χ2n) is 9.45. The van der Waals surface area contributed by atoms with Crippen LogP contribution in [0.3, 0.4) is 0 Å². The zero-order chi connectivity index (χ0) is 28.4. The normalized spacial score (nSPS) is 15.6. The van der Waals surface area contributed by atoms with E-state index in [1.165, 1.54) is 22.8 Å². The fourth-order valence-electron chi connectivity index (χ4n) is 4.94. The van der Waals surface area contributed by atoms with Crippen molar-refractivity contribution in [3.63, 3.8) is 0 Å². The Morgan fingerprint density at radius 3 is 2.50 bits per heavy atom. The van der Waals surface area contributed by atoms with Crippen LogP contribution >= 0.6 is 0 Å². The Bertz CT molecular complexity index is 1710. The fraction of sp³-hybridized carbons (Fsp3) is 0.321. The maximum absolute atomic E-state index is 14.0. The molecule has 0 unspecified atom stereocenters. The molecule has 0 aliphatic carbocycles. The summed E-state index contributed by atoms with van der Waals surface area (Å²) >= 11 is 0. The first kappa shape index (κ1) is 27.1. The van der Waals surface area contributed by atoms with Crippen molar-refractivity contribution in [3.05, 3.63) is 81.0 Å². The summed E-state index contributed by atoms with van der Waals surface area (Å²) in [6, 6.07) is 14.0. The number of para-hydroxylation sites is 2. The fourth-order valence-corrected chi connectivity index (χ4v) is 4.94.